The predicted octanol–water partition coefficient (Wildman–Crippen LogP) is 0.924. The van der Waals surface area contributed by atoms with Gasteiger partial charge < -0.3 is 10.6 Å². The van der Waals surface area contributed by atoms with E-state index < -0.39 is 6.10 Å². The molecular formula is C8H10N2O. The summed E-state index contributed by atoms with van der Waals surface area (Å²) in [6, 6.07) is 0. The Hall–Kier alpha value is -1.18. The molecule has 0 saturated carbocycles. The molecule has 0 bridgehead atoms. The molecule has 0 saturated heterocycles. The summed E-state index contributed by atoms with van der Waals surface area (Å²) in [6.07, 6.45) is 2.65. The molecular weight excluding hydrogens is 140 g/mol. The first kappa shape index (κ1) is 7.92. The Labute approximate surface area is 65.3 Å². The maximum absolute atomic E-state index is 9.25. The summed E-state index contributed by atoms with van der Waals surface area (Å²) in [5.41, 5.74) is 10.7. The van der Waals surface area contributed by atoms with E-state index in [4.69, 9.17) is 5.53 Å². The van der Waals surface area contributed by atoms with Gasteiger partial charge in [-0.3, -0.25) is 0 Å². The highest BCUT2D eigenvalue weighted by Gasteiger charge is 2.24. The number of aliphatic hydroxyl groups excluding tert-OH is 1. The molecule has 0 heterocycles. The fraction of sp³-hybridized carbons (Fsp3) is 0.375. The Kier molecular flexibility index (Phi) is 2.03. The predicted molar refractivity (Wildman–Crippen MR) is 42.1 cm³/mol. The summed E-state index contributed by atoms with van der Waals surface area (Å²) in [5.74, 6) is 0. The van der Waals surface area contributed by atoms with Crippen LogP contribution in [0.25, 0.3) is 5.53 Å². The second kappa shape index (κ2) is 2.82. The zero-order valence-corrected chi connectivity index (χ0v) is 6.57. The number of hydrogen-bond acceptors (Lipinski definition) is 1. The highest BCUT2D eigenvalue weighted by molar-refractivity contribution is 6.01. The van der Waals surface area contributed by atoms with Crippen molar-refractivity contribution >= 4 is 5.71 Å². The molecule has 1 aliphatic carbocycles. The van der Waals surface area contributed by atoms with Crippen LogP contribution < -0.4 is 0 Å². The maximum atomic E-state index is 9.25. The van der Waals surface area contributed by atoms with E-state index in [9.17, 15) is 5.11 Å². The quantitative estimate of drug-likeness (QED) is 0.405. The lowest BCUT2D eigenvalue weighted by Gasteiger charge is -2.08. The standard InChI is InChI=1S/C8H10N2O/c1-5-3-4-7(11)8(10-9)6(5)2/h3-4,7,11H,1-2H3. The molecule has 1 unspecified atom stereocenters. The van der Waals surface area contributed by atoms with Crippen molar-refractivity contribution in [1.82, 2.24) is 0 Å². The van der Waals surface area contributed by atoms with Crippen LogP contribution in [0, 0.1) is 0 Å². The number of hydrogen-bond donors (Lipinski definition) is 1. The zero-order valence-electron chi connectivity index (χ0n) is 6.57. The third-order valence-electron chi connectivity index (χ3n) is 1.89. The molecule has 1 rings (SSSR count). The molecule has 1 atom stereocenters. The van der Waals surface area contributed by atoms with Crippen LogP contribution in [-0.2, 0) is 0 Å². The van der Waals surface area contributed by atoms with E-state index in [2.05, 4.69) is 4.79 Å². The molecule has 0 aromatic carbocycles. The largest absolute Gasteiger partial charge is 0.377 e. The summed E-state index contributed by atoms with van der Waals surface area (Å²) in [4.78, 5) is 3.02. The van der Waals surface area contributed by atoms with Gasteiger partial charge in [-0.25, -0.2) is 0 Å². The average molecular weight is 150 g/mol. The molecule has 0 aromatic heterocycles. The van der Waals surface area contributed by atoms with E-state index in [0.29, 0.717) is 5.71 Å². The third-order valence-corrected chi connectivity index (χ3v) is 1.89. The molecule has 58 valence electrons. The van der Waals surface area contributed by atoms with E-state index in [1.165, 1.54) is 0 Å². The van der Waals surface area contributed by atoms with Gasteiger partial charge in [0.2, 0.25) is 0 Å². The average Bonchev–Trinajstić information content (AvgIpc) is 1.99. The Balaban J connectivity index is 3.17. The first-order valence-electron chi connectivity index (χ1n) is 3.43. The SMILES string of the molecule is CC1=C(C)C(=[N+]=[N-])C(O)C=C1. The van der Waals surface area contributed by atoms with Crippen LogP contribution in [0.3, 0.4) is 0 Å². The Morgan fingerprint density at radius 2 is 2.18 bits per heavy atom. The fourth-order valence-corrected chi connectivity index (χ4v) is 1.01. The number of allylic oxidation sites excluding steroid dienone is 2. The van der Waals surface area contributed by atoms with Crippen molar-refractivity contribution in [3.05, 3.63) is 28.8 Å². The molecule has 0 spiro atoms. The number of rotatable bonds is 0. The lowest BCUT2D eigenvalue weighted by molar-refractivity contribution is -0.0163. The van der Waals surface area contributed by atoms with E-state index in [1.807, 2.05) is 19.9 Å². The molecule has 1 N–H and O–H groups in total. The monoisotopic (exact) mass is 150 g/mol. The summed E-state index contributed by atoms with van der Waals surface area (Å²) in [5, 5.41) is 9.25. The second-order valence-electron chi connectivity index (χ2n) is 2.60. The first-order valence-corrected chi connectivity index (χ1v) is 3.43. The van der Waals surface area contributed by atoms with Crippen molar-refractivity contribution in [3.8, 4) is 0 Å². The van der Waals surface area contributed by atoms with Gasteiger partial charge in [0.15, 0.2) is 6.10 Å². The van der Waals surface area contributed by atoms with Crippen molar-refractivity contribution in [2.45, 2.75) is 20.0 Å². The van der Waals surface area contributed by atoms with Crippen LogP contribution in [0.4, 0.5) is 0 Å². The topological polar surface area (TPSA) is 56.6 Å². The Morgan fingerprint density at radius 3 is 2.64 bits per heavy atom. The number of aliphatic hydroxyl groups is 1. The molecule has 1 aliphatic rings. The summed E-state index contributed by atoms with van der Waals surface area (Å²) >= 11 is 0. The minimum Gasteiger partial charge on any atom is -0.377 e. The van der Waals surface area contributed by atoms with Gasteiger partial charge in [0, 0.05) is 5.57 Å². The summed E-state index contributed by atoms with van der Waals surface area (Å²) < 4.78 is 0. The molecule has 0 amide bonds. The van der Waals surface area contributed by atoms with E-state index in [-0.39, 0.29) is 0 Å². The maximum Gasteiger partial charge on any atom is 0.327 e. The second-order valence-corrected chi connectivity index (χ2v) is 2.60. The third kappa shape index (κ3) is 1.29. The molecule has 3 heteroatoms. The smallest absolute Gasteiger partial charge is 0.327 e. The molecule has 0 aliphatic heterocycles. The number of nitrogens with zero attached hydrogens (tertiary/aromatic N) is 2. The molecule has 11 heavy (non-hydrogen) atoms. The van der Waals surface area contributed by atoms with Crippen molar-refractivity contribution in [2.75, 3.05) is 0 Å². The lowest BCUT2D eigenvalue weighted by atomic mass is 9.96. The molecule has 0 aromatic rings. The van der Waals surface area contributed by atoms with E-state index >= 15 is 0 Å². The zero-order chi connectivity index (χ0) is 8.43. The van der Waals surface area contributed by atoms with Crippen LogP contribution in [0.2, 0.25) is 0 Å². The highest BCUT2D eigenvalue weighted by atomic mass is 16.3. The molecule has 3 nitrogen and oxygen atoms in total. The van der Waals surface area contributed by atoms with Gasteiger partial charge in [-0.2, -0.15) is 4.79 Å². The minimum absolute atomic E-state index is 0.338. The molecule has 0 fully saturated rings. The van der Waals surface area contributed by atoms with Gasteiger partial charge in [0.25, 0.3) is 0 Å². The van der Waals surface area contributed by atoms with Crippen LogP contribution in [0.5, 0.6) is 0 Å². The van der Waals surface area contributed by atoms with Gasteiger partial charge in [0.1, 0.15) is 0 Å². The van der Waals surface area contributed by atoms with Crippen molar-refractivity contribution in [2.24, 2.45) is 0 Å². The van der Waals surface area contributed by atoms with Crippen molar-refractivity contribution in [3.63, 3.8) is 0 Å². The highest BCUT2D eigenvalue weighted by Crippen LogP contribution is 2.14. The van der Waals surface area contributed by atoms with Crippen LogP contribution in [0.1, 0.15) is 13.8 Å². The van der Waals surface area contributed by atoms with Gasteiger partial charge in [-0.05, 0) is 25.5 Å². The van der Waals surface area contributed by atoms with Gasteiger partial charge in [-0.15, -0.1) is 0 Å². The summed E-state index contributed by atoms with van der Waals surface area (Å²) in [7, 11) is 0. The normalized spacial score (nSPS) is 23.9. The van der Waals surface area contributed by atoms with Gasteiger partial charge >= 0.3 is 5.71 Å². The van der Waals surface area contributed by atoms with E-state index in [0.717, 1.165) is 11.1 Å². The van der Waals surface area contributed by atoms with Crippen LogP contribution in [-0.4, -0.2) is 21.7 Å². The Morgan fingerprint density at radius 1 is 1.55 bits per heavy atom. The molecule has 0 radical (unpaired) electrons. The van der Waals surface area contributed by atoms with Gasteiger partial charge in [0.05, 0.1) is 0 Å². The van der Waals surface area contributed by atoms with Crippen LogP contribution in [0.15, 0.2) is 23.3 Å². The fourth-order valence-electron chi connectivity index (χ4n) is 1.01. The van der Waals surface area contributed by atoms with E-state index in [1.54, 1.807) is 6.08 Å². The van der Waals surface area contributed by atoms with Crippen molar-refractivity contribution < 1.29 is 9.90 Å². The van der Waals surface area contributed by atoms with Crippen LogP contribution >= 0.6 is 0 Å². The lowest BCUT2D eigenvalue weighted by Crippen LogP contribution is -2.23. The Bertz CT molecular complexity index is 282. The van der Waals surface area contributed by atoms with Gasteiger partial charge in [-0.1, -0.05) is 6.08 Å². The summed E-state index contributed by atoms with van der Waals surface area (Å²) in [6.45, 7) is 3.72. The van der Waals surface area contributed by atoms with Crippen molar-refractivity contribution in [1.29, 1.82) is 0 Å². The first-order chi connectivity index (χ1) is 5.16. The minimum atomic E-state index is -0.760.